The summed E-state index contributed by atoms with van der Waals surface area (Å²) >= 11 is 4.99. The SMILES string of the molecule is CCn1ncc(-c2cc(C(F)F)[nH]c(=S)c2C#N)c1C. The fourth-order valence-electron chi connectivity index (χ4n) is 2.05. The number of alkyl halides is 2. The van der Waals surface area contributed by atoms with Gasteiger partial charge in [-0.1, -0.05) is 12.2 Å². The van der Waals surface area contributed by atoms with Crippen LogP contribution in [0.25, 0.3) is 11.1 Å². The van der Waals surface area contributed by atoms with E-state index in [-0.39, 0.29) is 15.9 Å². The molecule has 2 aromatic heterocycles. The van der Waals surface area contributed by atoms with Crippen LogP contribution < -0.4 is 0 Å². The first kappa shape index (κ1) is 14.3. The number of aromatic amines is 1. The third-order valence-electron chi connectivity index (χ3n) is 3.09. The second kappa shape index (κ2) is 5.51. The summed E-state index contributed by atoms with van der Waals surface area (Å²) < 4.78 is 27.5. The summed E-state index contributed by atoms with van der Waals surface area (Å²) in [6.07, 6.45) is -1.11. The summed E-state index contributed by atoms with van der Waals surface area (Å²) in [7, 11) is 0. The molecule has 2 aromatic rings. The summed E-state index contributed by atoms with van der Waals surface area (Å²) in [6.45, 7) is 4.42. The van der Waals surface area contributed by atoms with Crippen LogP contribution in [0.4, 0.5) is 8.78 Å². The number of nitrogens with zero attached hydrogens (tertiary/aromatic N) is 3. The molecule has 0 atom stereocenters. The number of aromatic nitrogens is 3. The van der Waals surface area contributed by atoms with Crippen molar-refractivity contribution in [2.24, 2.45) is 0 Å². The Morgan fingerprint density at radius 3 is 2.70 bits per heavy atom. The molecule has 0 unspecified atom stereocenters. The van der Waals surface area contributed by atoms with Crippen LogP contribution in [-0.4, -0.2) is 14.8 Å². The van der Waals surface area contributed by atoms with Crippen molar-refractivity contribution < 1.29 is 8.78 Å². The first-order chi connectivity index (χ1) is 9.49. The Morgan fingerprint density at radius 1 is 1.50 bits per heavy atom. The van der Waals surface area contributed by atoms with Crippen molar-refractivity contribution in [1.82, 2.24) is 14.8 Å². The molecule has 0 saturated carbocycles. The van der Waals surface area contributed by atoms with Gasteiger partial charge in [0.2, 0.25) is 0 Å². The quantitative estimate of drug-likeness (QED) is 0.877. The van der Waals surface area contributed by atoms with Crippen LogP contribution in [0.5, 0.6) is 0 Å². The average Bonchev–Trinajstić information content (AvgIpc) is 2.78. The average molecular weight is 294 g/mol. The number of hydrogen-bond donors (Lipinski definition) is 1. The summed E-state index contributed by atoms with van der Waals surface area (Å²) in [6, 6.07) is 3.23. The van der Waals surface area contributed by atoms with Gasteiger partial charge in [-0.2, -0.15) is 10.4 Å². The standard InChI is InChI=1S/C13H12F2N4S/c1-3-19-7(2)10(6-17-19)8-4-11(12(14)15)18-13(20)9(8)5-16/h4,6,12H,3H2,1-2H3,(H,18,20). The van der Waals surface area contributed by atoms with Gasteiger partial charge >= 0.3 is 0 Å². The molecule has 0 aliphatic carbocycles. The van der Waals surface area contributed by atoms with Crippen molar-refractivity contribution >= 4 is 12.2 Å². The number of nitriles is 1. The number of nitrogens with one attached hydrogen (secondary N) is 1. The van der Waals surface area contributed by atoms with E-state index in [2.05, 4.69) is 10.1 Å². The first-order valence-corrected chi connectivity index (χ1v) is 6.38. The lowest BCUT2D eigenvalue weighted by molar-refractivity contribution is 0.146. The van der Waals surface area contributed by atoms with Crippen LogP contribution >= 0.6 is 12.2 Å². The predicted molar refractivity (Wildman–Crippen MR) is 72.9 cm³/mol. The Balaban J connectivity index is 2.75. The van der Waals surface area contributed by atoms with Gasteiger partial charge < -0.3 is 4.98 Å². The molecule has 2 heterocycles. The van der Waals surface area contributed by atoms with Gasteiger partial charge in [0.25, 0.3) is 6.43 Å². The zero-order valence-electron chi connectivity index (χ0n) is 10.9. The zero-order valence-corrected chi connectivity index (χ0v) is 11.8. The summed E-state index contributed by atoms with van der Waals surface area (Å²) in [5, 5.41) is 13.4. The number of rotatable bonds is 3. The van der Waals surface area contributed by atoms with Crippen molar-refractivity contribution in [1.29, 1.82) is 5.26 Å². The molecule has 104 valence electrons. The van der Waals surface area contributed by atoms with Crippen LogP contribution in [0, 0.1) is 22.9 Å². The molecule has 0 radical (unpaired) electrons. The van der Waals surface area contributed by atoms with Crippen molar-refractivity contribution in [3.05, 3.63) is 33.9 Å². The van der Waals surface area contributed by atoms with E-state index >= 15 is 0 Å². The smallest absolute Gasteiger partial charge is 0.278 e. The van der Waals surface area contributed by atoms with Gasteiger partial charge in [0.05, 0.1) is 17.5 Å². The monoisotopic (exact) mass is 294 g/mol. The highest BCUT2D eigenvalue weighted by molar-refractivity contribution is 7.71. The normalized spacial score (nSPS) is 10.8. The summed E-state index contributed by atoms with van der Waals surface area (Å²) in [4.78, 5) is 2.39. The Hall–Kier alpha value is -2.07. The lowest BCUT2D eigenvalue weighted by atomic mass is 10.0. The number of halogens is 2. The van der Waals surface area contributed by atoms with E-state index in [0.717, 1.165) is 5.69 Å². The minimum absolute atomic E-state index is 0.0175. The maximum absolute atomic E-state index is 12.9. The molecule has 0 aromatic carbocycles. The van der Waals surface area contributed by atoms with Crippen LogP contribution in [0.2, 0.25) is 0 Å². The zero-order chi connectivity index (χ0) is 14.9. The van der Waals surface area contributed by atoms with E-state index in [1.165, 1.54) is 6.07 Å². The van der Waals surface area contributed by atoms with Crippen molar-refractivity contribution in [3.63, 3.8) is 0 Å². The predicted octanol–water partition coefficient (Wildman–Crippen LogP) is 3.75. The van der Waals surface area contributed by atoms with Crippen LogP contribution in [0.1, 0.15) is 30.3 Å². The van der Waals surface area contributed by atoms with E-state index in [4.69, 9.17) is 12.2 Å². The Bertz CT molecular complexity index is 740. The van der Waals surface area contributed by atoms with Gasteiger partial charge in [-0.05, 0) is 19.9 Å². The second-order valence-corrected chi connectivity index (χ2v) is 4.62. The topological polar surface area (TPSA) is 57.4 Å². The maximum Gasteiger partial charge on any atom is 0.278 e. The van der Waals surface area contributed by atoms with Crippen LogP contribution in [0.3, 0.4) is 0 Å². The third-order valence-corrected chi connectivity index (χ3v) is 3.40. The van der Waals surface area contributed by atoms with E-state index < -0.39 is 6.43 Å². The minimum Gasteiger partial charge on any atom is -0.344 e. The molecule has 0 bridgehead atoms. The first-order valence-electron chi connectivity index (χ1n) is 5.97. The van der Waals surface area contributed by atoms with Gasteiger partial charge in [0.1, 0.15) is 10.7 Å². The van der Waals surface area contributed by atoms with Gasteiger partial charge in [-0.15, -0.1) is 0 Å². The van der Waals surface area contributed by atoms with Gasteiger partial charge in [0.15, 0.2) is 0 Å². The third kappa shape index (κ3) is 2.34. The summed E-state index contributed by atoms with van der Waals surface area (Å²) in [5.41, 5.74) is 1.73. The molecular weight excluding hydrogens is 282 g/mol. The van der Waals surface area contributed by atoms with Crippen molar-refractivity contribution in [2.45, 2.75) is 26.8 Å². The Kier molecular flexibility index (Phi) is 3.95. The number of hydrogen-bond acceptors (Lipinski definition) is 3. The molecule has 1 N–H and O–H groups in total. The minimum atomic E-state index is -2.68. The Labute approximate surface area is 119 Å². The number of H-pyrrole nitrogens is 1. The van der Waals surface area contributed by atoms with Crippen molar-refractivity contribution in [2.75, 3.05) is 0 Å². The van der Waals surface area contributed by atoms with Gasteiger partial charge in [0, 0.05) is 23.4 Å². The molecule has 0 fully saturated rings. The molecule has 7 heteroatoms. The maximum atomic E-state index is 12.9. The van der Waals surface area contributed by atoms with E-state index in [1.54, 1.807) is 10.9 Å². The highest BCUT2D eigenvalue weighted by Crippen LogP contribution is 2.30. The van der Waals surface area contributed by atoms with Crippen LogP contribution in [0.15, 0.2) is 12.3 Å². The fraction of sp³-hybridized carbons (Fsp3) is 0.308. The van der Waals surface area contributed by atoms with Crippen molar-refractivity contribution in [3.8, 4) is 17.2 Å². The Morgan fingerprint density at radius 2 is 2.20 bits per heavy atom. The second-order valence-electron chi connectivity index (χ2n) is 4.21. The summed E-state index contributed by atoms with van der Waals surface area (Å²) in [5.74, 6) is 0. The molecule has 4 nitrogen and oxygen atoms in total. The van der Waals surface area contributed by atoms with E-state index in [9.17, 15) is 14.0 Å². The van der Waals surface area contributed by atoms with E-state index in [1.807, 2.05) is 19.9 Å². The highest BCUT2D eigenvalue weighted by Gasteiger charge is 2.17. The molecular formula is C13H12F2N4S. The molecule has 0 spiro atoms. The molecule has 20 heavy (non-hydrogen) atoms. The fourth-order valence-corrected chi connectivity index (χ4v) is 2.32. The van der Waals surface area contributed by atoms with E-state index in [0.29, 0.717) is 17.7 Å². The van der Waals surface area contributed by atoms with Gasteiger partial charge in [-0.3, -0.25) is 4.68 Å². The van der Waals surface area contributed by atoms with Crippen LogP contribution in [-0.2, 0) is 6.54 Å². The molecule has 0 amide bonds. The lowest BCUT2D eigenvalue weighted by Gasteiger charge is -2.08. The largest absolute Gasteiger partial charge is 0.344 e. The molecule has 2 rings (SSSR count). The van der Waals surface area contributed by atoms with Gasteiger partial charge in [-0.25, -0.2) is 8.78 Å². The molecule has 0 saturated heterocycles. The number of aryl methyl sites for hydroxylation is 1. The molecule has 0 aliphatic rings. The lowest BCUT2D eigenvalue weighted by Crippen LogP contribution is -2.00. The molecule has 0 aliphatic heterocycles. The highest BCUT2D eigenvalue weighted by atomic mass is 32.1. The number of pyridine rings is 1.